The van der Waals surface area contributed by atoms with Gasteiger partial charge in [-0.3, -0.25) is 13.5 Å². The molecule has 232 valence electrons. The number of hydrogen-bond acceptors (Lipinski definition) is 11. The third-order valence-electron chi connectivity index (χ3n) is 7.54. The molecule has 1 fully saturated rings. The molecule has 3 aromatic carbocycles. The van der Waals surface area contributed by atoms with E-state index in [4.69, 9.17) is 24.1 Å². The lowest BCUT2D eigenvalue weighted by molar-refractivity contribution is -0.155. The Balaban J connectivity index is 1.45. The molecule has 12 nitrogen and oxygen atoms in total. The van der Waals surface area contributed by atoms with Crippen LogP contribution in [0.5, 0.6) is 0 Å². The van der Waals surface area contributed by atoms with Gasteiger partial charge in [-0.1, -0.05) is 91.0 Å². The molecule has 0 aliphatic carbocycles. The van der Waals surface area contributed by atoms with Crippen molar-refractivity contribution in [3.8, 4) is 0 Å². The van der Waals surface area contributed by atoms with Crippen molar-refractivity contribution in [1.29, 1.82) is 0 Å². The number of ether oxygens (including phenoxy) is 3. The van der Waals surface area contributed by atoms with E-state index in [1.54, 1.807) is 0 Å². The van der Waals surface area contributed by atoms with Gasteiger partial charge in [-0.25, -0.2) is 15.0 Å². The molecular weight excluding hydrogens is 598 g/mol. The Morgan fingerprint density at radius 2 is 1.44 bits per heavy atom. The van der Waals surface area contributed by atoms with Crippen LogP contribution in [0.15, 0.2) is 104 Å². The first-order valence-electron chi connectivity index (χ1n) is 14.1. The number of nitrogens with two attached hydrogens (primary N) is 1. The third-order valence-corrected chi connectivity index (χ3v) is 8.11. The fraction of sp³-hybridized carbons (Fsp3) is 0.250. The van der Waals surface area contributed by atoms with Crippen molar-refractivity contribution in [3.05, 3.63) is 120 Å². The van der Waals surface area contributed by atoms with Gasteiger partial charge in [0.15, 0.2) is 29.9 Å². The van der Waals surface area contributed by atoms with Crippen LogP contribution in [-0.2, 0) is 38.9 Å². The molecule has 0 unspecified atom stereocenters. The van der Waals surface area contributed by atoms with Crippen molar-refractivity contribution in [3.63, 3.8) is 0 Å². The van der Waals surface area contributed by atoms with E-state index in [1.165, 1.54) is 24.1 Å². The van der Waals surface area contributed by atoms with Crippen LogP contribution in [0.4, 0.5) is 5.82 Å². The lowest BCUT2D eigenvalue weighted by Gasteiger charge is -2.37. The number of esters is 1. The quantitative estimate of drug-likeness (QED) is 0.137. The molecule has 2 aromatic heterocycles. The number of aromatic nitrogens is 4. The Hall–Kier alpha value is -4.69. The number of imidazole rings is 1. The maximum absolute atomic E-state index is 12.5. The summed E-state index contributed by atoms with van der Waals surface area (Å²) in [5.74, 6) is -0.522. The van der Waals surface area contributed by atoms with E-state index in [-0.39, 0.29) is 18.1 Å². The molecule has 1 saturated heterocycles. The SMILES string of the molecule is CC(=O)O[C@@H]1[C@@H](OS(C)(=O)=O)[C@H](n2cnc3c(N)ncnc32)O[C@@H]1COC(c1ccccc1)(c1ccccc1)c1ccccc1. The molecule has 0 spiro atoms. The van der Waals surface area contributed by atoms with Gasteiger partial charge in [-0.2, -0.15) is 8.42 Å². The molecule has 3 heterocycles. The maximum atomic E-state index is 12.5. The molecule has 4 atom stereocenters. The molecule has 0 saturated carbocycles. The van der Waals surface area contributed by atoms with Gasteiger partial charge in [0.2, 0.25) is 0 Å². The zero-order chi connectivity index (χ0) is 31.6. The highest BCUT2D eigenvalue weighted by atomic mass is 32.2. The molecule has 13 heteroatoms. The largest absolute Gasteiger partial charge is 0.457 e. The molecule has 6 rings (SSSR count). The van der Waals surface area contributed by atoms with Gasteiger partial charge in [0, 0.05) is 6.92 Å². The number of carbonyl (C=O) groups is 1. The van der Waals surface area contributed by atoms with Crippen LogP contribution in [0.1, 0.15) is 29.8 Å². The summed E-state index contributed by atoms with van der Waals surface area (Å²) in [7, 11) is -4.06. The second-order valence-electron chi connectivity index (χ2n) is 10.6. The molecule has 45 heavy (non-hydrogen) atoms. The van der Waals surface area contributed by atoms with E-state index in [0.717, 1.165) is 22.9 Å². The van der Waals surface area contributed by atoms with E-state index in [2.05, 4.69) is 15.0 Å². The fourth-order valence-electron chi connectivity index (χ4n) is 5.74. The van der Waals surface area contributed by atoms with Gasteiger partial charge in [0.05, 0.1) is 19.2 Å². The second kappa shape index (κ2) is 12.4. The zero-order valence-electron chi connectivity index (χ0n) is 24.5. The van der Waals surface area contributed by atoms with Crippen molar-refractivity contribution >= 4 is 33.1 Å². The predicted octanol–water partition coefficient (Wildman–Crippen LogP) is 3.59. The van der Waals surface area contributed by atoms with Crippen molar-refractivity contribution in [2.24, 2.45) is 0 Å². The topological polar surface area (TPSA) is 158 Å². The minimum Gasteiger partial charge on any atom is -0.457 e. The summed E-state index contributed by atoms with van der Waals surface area (Å²) < 4.78 is 51.1. The van der Waals surface area contributed by atoms with Gasteiger partial charge >= 0.3 is 5.97 Å². The lowest BCUT2D eigenvalue weighted by atomic mass is 9.80. The van der Waals surface area contributed by atoms with E-state index in [0.29, 0.717) is 5.52 Å². The van der Waals surface area contributed by atoms with Crippen LogP contribution < -0.4 is 5.73 Å². The third kappa shape index (κ3) is 6.02. The number of anilines is 1. The highest BCUT2D eigenvalue weighted by Gasteiger charge is 2.52. The van der Waals surface area contributed by atoms with Crippen LogP contribution in [0.3, 0.4) is 0 Å². The Bertz CT molecular complexity index is 1790. The van der Waals surface area contributed by atoms with Crippen LogP contribution >= 0.6 is 0 Å². The minimum atomic E-state index is -4.06. The molecule has 2 N–H and O–H groups in total. The van der Waals surface area contributed by atoms with E-state index < -0.39 is 46.2 Å². The molecular formula is C32H31N5O7S. The maximum Gasteiger partial charge on any atom is 0.303 e. The Kier molecular flexibility index (Phi) is 8.34. The Morgan fingerprint density at radius 3 is 1.96 bits per heavy atom. The molecule has 0 amide bonds. The highest BCUT2D eigenvalue weighted by molar-refractivity contribution is 7.86. The van der Waals surface area contributed by atoms with E-state index >= 15 is 0 Å². The number of carbonyl (C=O) groups excluding carboxylic acids is 1. The monoisotopic (exact) mass is 629 g/mol. The normalized spacial score (nSPS) is 20.3. The zero-order valence-corrected chi connectivity index (χ0v) is 25.3. The van der Waals surface area contributed by atoms with Crippen LogP contribution in [-0.4, -0.2) is 65.1 Å². The average molecular weight is 630 g/mol. The first kappa shape index (κ1) is 30.3. The Morgan fingerprint density at radius 1 is 0.889 bits per heavy atom. The first-order chi connectivity index (χ1) is 21.7. The molecule has 5 aromatic rings. The lowest BCUT2D eigenvalue weighted by Crippen LogP contribution is -2.42. The van der Waals surface area contributed by atoms with Gasteiger partial charge in [0.25, 0.3) is 10.1 Å². The summed E-state index contributed by atoms with van der Waals surface area (Å²) in [4.78, 5) is 24.9. The van der Waals surface area contributed by atoms with Crippen molar-refractivity contribution in [2.75, 3.05) is 18.6 Å². The number of fused-ring (bicyclic) bond motifs is 1. The predicted molar refractivity (Wildman–Crippen MR) is 164 cm³/mol. The summed E-state index contributed by atoms with van der Waals surface area (Å²) >= 11 is 0. The minimum absolute atomic E-state index is 0.132. The average Bonchev–Trinajstić information content (AvgIpc) is 3.60. The summed E-state index contributed by atoms with van der Waals surface area (Å²) in [5.41, 5.74) is 7.99. The standard InChI is InChI=1S/C32H31N5O7S/c1-21(38)42-27-25(43-31(28(27)44-45(2,39)40)37-20-36-26-29(33)34-19-35-30(26)37)18-41-32(22-12-6-3-7-13-22,23-14-8-4-9-15-23)24-16-10-5-11-17-24/h3-17,19-20,25,27-28,31H,18H2,1-2H3,(H2,33,34,35)/t25-,27+,28-,31-/m1/s1. The van der Waals surface area contributed by atoms with Gasteiger partial charge in [0.1, 0.15) is 23.5 Å². The molecule has 1 aliphatic rings. The molecule has 1 aliphatic heterocycles. The van der Waals surface area contributed by atoms with E-state index in [1.807, 2.05) is 91.0 Å². The number of nitrogen functional groups attached to an aromatic ring is 1. The highest BCUT2D eigenvalue weighted by Crippen LogP contribution is 2.43. The number of rotatable bonds is 10. The molecule has 0 radical (unpaired) electrons. The number of nitrogens with zero attached hydrogens (tertiary/aromatic N) is 4. The summed E-state index contributed by atoms with van der Waals surface area (Å²) in [6.07, 6.45) is -1.07. The number of benzene rings is 3. The molecule has 0 bridgehead atoms. The van der Waals surface area contributed by atoms with Gasteiger partial charge < -0.3 is 19.9 Å². The summed E-state index contributed by atoms with van der Waals surface area (Å²) in [6.45, 7) is 1.09. The smallest absolute Gasteiger partial charge is 0.303 e. The van der Waals surface area contributed by atoms with Crippen molar-refractivity contribution in [1.82, 2.24) is 19.5 Å². The summed E-state index contributed by atoms with van der Waals surface area (Å²) in [5, 5.41) is 0. The second-order valence-corrected chi connectivity index (χ2v) is 12.2. The van der Waals surface area contributed by atoms with Crippen LogP contribution in [0.25, 0.3) is 11.2 Å². The Labute approximate surface area is 259 Å². The van der Waals surface area contributed by atoms with Crippen molar-refractivity contribution < 1.29 is 31.6 Å². The van der Waals surface area contributed by atoms with E-state index in [9.17, 15) is 13.2 Å². The number of hydrogen-bond donors (Lipinski definition) is 1. The first-order valence-corrected chi connectivity index (χ1v) is 15.9. The van der Waals surface area contributed by atoms with Crippen molar-refractivity contribution in [2.45, 2.75) is 37.1 Å². The van der Waals surface area contributed by atoms with Gasteiger partial charge in [-0.05, 0) is 16.7 Å². The fourth-order valence-corrected chi connectivity index (χ4v) is 6.34. The van der Waals surface area contributed by atoms with Gasteiger partial charge in [-0.15, -0.1) is 0 Å². The van der Waals surface area contributed by atoms with Crippen LogP contribution in [0, 0.1) is 0 Å². The van der Waals surface area contributed by atoms with Crippen LogP contribution in [0.2, 0.25) is 0 Å². The summed E-state index contributed by atoms with van der Waals surface area (Å²) in [6, 6.07) is 29.2.